The molecule has 5 rings (SSSR count). The molecule has 0 atom stereocenters. The first-order valence-corrected chi connectivity index (χ1v) is 8.47. The van der Waals surface area contributed by atoms with E-state index in [1.807, 2.05) is 6.07 Å². The average Bonchev–Trinajstić information content (AvgIpc) is 3.23. The molecule has 3 nitrogen and oxygen atoms in total. The largest absolute Gasteiger partial charge is 2.00 e. The second-order valence-corrected chi connectivity index (χ2v) is 6.47. The van der Waals surface area contributed by atoms with Crippen LogP contribution in [-0.2, 0) is 19.5 Å². The van der Waals surface area contributed by atoms with Crippen LogP contribution in [0.5, 0.6) is 0 Å². The molecule has 0 bridgehead atoms. The van der Waals surface area contributed by atoms with E-state index in [0.717, 1.165) is 18.0 Å². The van der Waals surface area contributed by atoms with Crippen LogP contribution in [0.1, 0.15) is 0 Å². The molecule has 1 aliphatic heterocycles. The fraction of sp³-hybridized carbons (Fsp3) is 0.0870. The van der Waals surface area contributed by atoms with Gasteiger partial charge in [0.2, 0.25) is 0 Å². The minimum absolute atomic E-state index is 0. The molecule has 4 aromatic rings. The summed E-state index contributed by atoms with van der Waals surface area (Å²) in [6.45, 7) is 0.854. The molecule has 0 unspecified atom stereocenters. The van der Waals surface area contributed by atoms with Gasteiger partial charge in [-0.1, -0.05) is 47.8 Å². The van der Waals surface area contributed by atoms with Crippen molar-refractivity contribution in [1.82, 2.24) is 9.47 Å². The Kier molecular flexibility index (Phi) is 5.39. The van der Waals surface area contributed by atoms with Crippen LogP contribution in [0.25, 0.3) is 27.5 Å². The molecule has 1 aromatic heterocycles. The zero-order valence-electron chi connectivity index (χ0n) is 15.4. The molecule has 27 heavy (non-hydrogen) atoms. The number of hydrogen-bond acceptors (Lipinski definition) is 2. The van der Waals surface area contributed by atoms with Crippen LogP contribution in [0.2, 0.25) is 0 Å². The third kappa shape index (κ3) is 3.15. The number of aromatic nitrogens is 1. The smallest absolute Gasteiger partial charge is 0.361 e. The Hall–Kier alpha value is -2.58. The van der Waals surface area contributed by atoms with Crippen LogP contribution >= 0.6 is 0 Å². The zero-order chi connectivity index (χ0) is 16.8. The Morgan fingerprint density at radius 3 is 2.07 bits per heavy atom. The van der Waals surface area contributed by atoms with Crippen molar-refractivity contribution in [1.29, 1.82) is 0 Å². The molecule has 137 valence electrons. The molecule has 2 heterocycles. The van der Waals surface area contributed by atoms with Gasteiger partial charge < -0.3 is 21.8 Å². The first kappa shape index (κ1) is 19.2. The molecule has 0 aliphatic carbocycles. The summed E-state index contributed by atoms with van der Waals surface area (Å²) in [5.74, 6) is 0. The Balaban J connectivity index is 0.00000105. The quantitative estimate of drug-likeness (QED) is 0.312. The number of fused-ring (bicyclic) bond motifs is 3. The topological polar surface area (TPSA) is 11.4 Å². The number of rotatable bonds is 2. The van der Waals surface area contributed by atoms with E-state index in [4.69, 9.17) is 0 Å². The predicted octanol–water partition coefficient (Wildman–Crippen LogP) is 5.21. The van der Waals surface area contributed by atoms with Crippen molar-refractivity contribution in [2.45, 2.75) is 0 Å². The maximum atomic E-state index is 3.36. The first-order chi connectivity index (χ1) is 12.3. The van der Waals surface area contributed by atoms with Gasteiger partial charge >= 0.3 is 19.5 Å². The summed E-state index contributed by atoms with van der Waals surface area (Å²) >= 11 is 0. The molecular formula is C23H21N3Rh. The van der Waals surface area contributed by atoms with Crippen molar-refractivity contribution in [2.75, 3.05) is 18.6 Å². The summed E-state index contributed by atoms with van der Waals surface area (Å²) in [4.78, 5) is 4.36. The molecule has 0 N–H and O–H groups in total. The second-order valence-electron chi connectivity index (χ2n) is 6.47. The predicted molar refractivity (Wildman–Crippen MR) is 110 cm³/mol. The Morgan fingerprint density at radius 2 is 1.48 bits per heavy atom. The average molecular weight is 442 g/mol. The van der Waals surface area contributed by atoms with Gasteiger partial charge in [0.1, 0.15) is 0 Å². The molecule has 0 amide bonds. The van der Waals surface area contributed by atoms with E-state index < -0.39 is 0 Å². The van der Waals surface area contributed by atoms with Crippen LogP contribution in [0.4, 0.5) is 5.69 Å². The summed E-state index contributed by atoms with van der Waals surface area (Å²) in [5.41, 5.74) is 4.71. The monoisotopic (exact) mass is 442 g/mol. The fourth-order valence-corrected chi connectivity index (χ4v) is 3.63. The van der Waals surface area contributed by atoms with E-state index in [2.05, 4.69) is 101 Å². The molecule has 0 saturated carbocycles. The third-order valence-electron chi connectivity index (χ3n) is 4.79. The number of hydrogen-bond donors (Lipinski definition) is 0. The van der Waals surface area contributed by atoms with Crippen molar-refractivity contribution in [3.8, 4) is 5.69 Å². The summed E-state index contributed by atoms with van der Waals surface area (Å²) in [7, 11) is 2.08. The summed E-state index contributed by atoms with van der Waals surface area (Å²) in [6.07, 6.45) is 4.18. The standard InChI is InChI=1S/C22H18N3.CH3.Rh/c1-23-13-14-24(16-23)17-7-6-8-18(15-17)25-21-11-4-2-9-19(21)20-10-3-5-12-22(20)25;;/h2-6,8-15H,16H2,1H3;1H3;/q2*-1;+2. The van der Waals surface area contributed by atoms with Crippen molar-refractivity contribution in [3.05, 3.63) is 92.6 Å². The molecular weight excluding hydrogens is 421 g/mol. The zero-order valence-corrected chi connectivity index (χ0v) is 17.0. The first-order valence-electron chi connectivity index (χ1n) is 8.47. The number of para-hydroxylation sites is 2. The van der Waals surface area contributed by atoms with Crippen molar-refractivity contribution in [3.63, 3.8) is 0 Å². The SMILES string of the molecule is CN1C=CN(c2[c-]ccc(-n3c4ccccc4c4ccccc43)c2)C1.[CH3-].[Rh+2]. The molecule has 0 fully saturated rings. The van der Waals surface area contributed by atoms with Gasteiger partial charge in [0.25, 0.3) is 0 Å². The van der Waals surface area contributed by atoms with E-state index in [-0.39, 0.29) is 26.9 Å². The van der Waals surface area contributed by atoms with Crippen LogP contribution < -0.4 is 4.90 Å². The van der Waals surface area contributed by atoms with Crippen molar-refractivity contribution < 1.29 is 19.5 Å². The van der Waals surface area contributed by atoms with Crippen LogP contribution in [0.15, 0.2) is 79.1 Å². The van der Waals surface area contributed by atoms with E-state index in [1.54, 1.807) is 0 Å². The van der Waals surface area contributed by atoms with Gasteiger partial charge in [-0.3, -0.25) is 0 Å². The van der Waals surface area contributed by atoms with Crippen molar-refractivity contribution >= 4 is 27.5 Å². The second kappa shape index (κ2) is 7.58. The molecule has 0 saturated heterocycles. The maximum Gasteiger partial charge on any atom is 2.00 e. The van der Waals surface area contributed by atoms with Gasteiger partial charge in [0, 0.05) is 30.2 Å². The van der Waals surface area contributed by atoms with Crippen LogP contribution in [0, 0.1) is 13.5 Å². The Bertz CT molecular complexity index is 1060. The summed E-state index contributed by atoms with van der Waals surface area (Å²) in [6, 6.07) is 26.9. The normalized spacial score (nSPS) is 13.1. The van der Waals surface area contributed by atoms with Gasteiger partial charge in [-0.05, 0) is 12.1 Å². The minimum Gasteiger partial charge on any atom is -0.361 e. The Morgan fingerprint density at radius 1 is 0.852 bits per heavy atom. The van der Waals surface area contributed by atoms with Gasteiger partial charge in [-0.2, -0.15) is 12.1 Å². The Labute approximate surface area is 173 Å². The summed E-state index contributed by atoms with van der Waals surface area (Å²) < 4.78 is 2.34. The number of nitrogens with zero attached hydrogens (tertiary/aromatic N) is 3. The van der Waals surface area contributed by atoms with Crippen LogP contribution in [0.3, 0.4) is 0 Å². The molecule has 3 aromatic carbocycles. The van der Waals surface area contributed by atoms with Crippen LogP contribution in [-0.4, -0.2) is 23.2 Å². The molecule has 0 spiro atoms. The number of anilines is 1. The fourth-order valence-electron chi connectivity index (χ4n) is 3.63. The summed E-state index contributed by atoms with van der Waals surface area (Å²) in [5, 5.41) is 2.57. The number of benzene rings is 3. The maximum absolute atomic E-state index is 3.36. The van der Waals surface area contributed by atoms with E-state index >= 15 is 0 Å². The molecule has 1 radical (unpaired) electrons. The molecule has 4 heteroatoms. The molecule has 1 aliphatic rings. The van der Waals surface area contributed by atoms with Gasteiger partial charge in [-0.25, -0.2) is 0 Å². The van der Waals surface area contributed by atoms with E-state index in [1.165, 1.54) is 21.8 Å². The van der Waals surface area contributed by atoms with Gasteiger partial charge in [0.05, 0.1) is 17.7 Å². The van der Waals surface area contributed by atoms with Gasteiger partial charge in [0.15, 0.2) is 0 Å². The minimum atomic E-state index is 0. The van der Waals surface area contributed by atoms with E-state index in [0.29, 0.717) is 0 Å². The third-order valence-corrected chi connectivity index (χ3v) is 4.79. The van der Waals surface area contributed by atoms with Crippen molar-refractivity contribution in [2.24, 2.45) is 0 Å². The van der Waals surface area contributed by atoms with Gasteiger partial charge in [-0.15, -0.1) is 12.1 Å². The van der Waals surface area contributed by atoms with E-state index in [9.17, 15) is 0 Å².